The lowest BCUT2D eigenvalue weighted by Crippen LogP contribution is -1.88. The first-order chi connectivity index (χ1) is 8.16. The molecule has 1 nitrogen and oxygen atoms in total. The van der Waals surface area contributed by atoms with Gasteiger partial charge < -0.3 is 4.74 Å². The normalized spacial score (nSPS) is 17.1. The number of hydrogen-bond donors (Lipinski definition) is 0. The lowest BCUT2D eigenvalue weighted by molar-refractivity contribution is 0.188. The van der Waals surface area contributed by atoms with Crippen LogP contribution in [0.3, 0.4) is 0 Å². The first-order valence-electron chi connectivity index (χ1n) is 7.74. The number of rotatable bonds is 3. The van der Waals surface area contributed by atoms with Crippen LogP contribution in [0.15, 0.2) is 0 Å². The van der Waals surface area contributed by atoms with E-state index in [0.29, 0.717) is 0 Å². The summed E-state index contributed by atoms with van der Waals surface area (Å²) in [7, 11) is 0. The fraction of sp³-hybridized carbons (Fsp3) is 1.00. The van der Waals surface area contributed by atoms with Gasteiger partial charge in [0, 0.05) is 13.2 Å². The Morgan fingerprint density at radius 1 is 1.12 bits per heavy atom. The molecule has 1 aliphatic rings. The van der Waals surface area contributed by atoms with Crippen LogP contribution in [-0.4, -0.2) is 13.2 Å². The summed E-state index contributed by atoms with van der Waals surface area (Å²) >= 11 is 0. The molecule has 17 heavy (non-hydrogen) atoms. The number of ether oxygens (including phenoxy) is 1. The maximum atomic E-state index is 5.06. The van der Waals surface area contributed by atoms with E-state index in [4.69, 9.17) is 4.74 Å². The van der Waals surface area contributed by atoms with E-state index in [1.807, 2.05) is 27.7 Å². The molecule has 0 N–H and O–H groups in total. The fourth-order valence-corrected chi connectivity index (χ4v) is 1.26. The lowest BCUT2D eigenvalue weighted by atomic mass is 10.1. The first kappa shape index (κ1) is 22.2. The van der Waals surface area contributed by atoms with Crippen molar-refractivity contribution < 1.29 is 4.74 Å². The van der Waals surface area contributed by atoms with Gasteiger partial charge in [-0.25, -0.2) is 0 Å². The van der Waals surface area contributed by atoms with Crippen LogP contribution < -0.4 is 0 Å². The summed E-state index contributed by atoms with van der Waals surface area (Å²) in [5.41, 5.74) is 0. The van der Waals surface area contributed by atoms with Crippen LogP contribution in [0.1, 0.15) is 81.1 Å². The summed E-state index contributed by atoms with van der Waals surface area (Å²) in [5, 5.41) is 0. The van der Waals surface area contributed by atoms with Gasteiger partial charge in [0.15, 0.2) is 0 Å². The van der Waals surface area contributed by atoms with E-state index in [1.54, 1.807) is 0 Å². The standard InChI is InChI=1S/C7H16.C5H10O.2C2H6/c1-4-5-6-7(2)3;1-5-2-3-6-4-5;2*1-2/h7H,4-6H2,1-3H3;5H,2-4H2,1H3;2*1-2H3. The molecular formula is C16H38O. The molecule has 0 aliphatic carbocycles. The van der Waals surface area contributed by atoms with Gasteiger partial charge in [-0.2, -0.15) is 0 Å². The predicted octanol–water partition coefficient (Wildman–Crippen LogP) is 5.93. The molecule has 1 unspecified atom stereocenters. The van der Waals surface area contributed by atoms with Gasteiger partial charge >= 0.3 is 0 Å². The molecule has 1 rings (SSSR count). The summed E-state index contributed by atoms with van der Waals surface area (Å²) in [6.07, 6.45) is 5.41. The molecule has 108 valence electrons. The van der Waals surface area contributed by atoms with Crippen LogP contribution in [0.25, 0.3) is 0 Å². The Kier molecular flexibility index (Phi) is 27.7. The molecule has 1 heteroatoms. The van der Waals surface area contributed by atoms with E-state index in [1.165, 1.54) is 25.7 Å². The molecule has 1 heterocycles. The Balaban J connectivity index is -0.000000179. The maximum Gasteiger partial charge on any atom is 0.0492 e. The van der Waals surface area contributed by atoms with Gasteiger partial charge in [-0.1, -0.05) is 74.7 Å². The zero-order chi connectivity index (χ0) is 14.1. The Hall–Kier alpha value is -0.0400. The average Bonchev–Trinajstić information content (AvgIpc) is 2.83. The Morgan fingerprint density at radius 2 is 1.65 bits per heavy atom. The minimum absolute atomic E-state index is 0.824. The van der Waals surface area contributed by atoms with E-state index in [-0.39, 0.29) is 0 Å². The van der Waals surface area contributed by atoms with E-state index >= 15 is 0 Å². The molecular weight excluding hydrogens is 208 g/mol. The molecule has 0 saturated carbocycles. The molecule has 0 radical (unpaired) electrons. The van der Waals surface area contributed by atoms with Crippen molar-refractivity contribution in [2.45, 2.75) is 81.1 Å². The third-order valence-corrected chi connectivity index (χ3v) is 2.29. The Labute approximate surface area is 111 Å². The third kappa shape index (κ3) is 25.9. The molecule has 1 atom stereocenters. The van der Waals surface area contributed by atoms with Crippen LogP contribution in [0.4, 0.5) is 0 Å². The Bertz CT molecular complexity index is 93.7. The van der Waals surface area contributed by atoms with E-state index in [9.17, 15) is 0 Å². The van der Waals surface area contributed by atoms with Crippen molar-refractivity contribution in [3.63, 3.8) is 0 Å². The number of unbranched alkanes of at least 4 members (excludes halogenated alkanes) is 1. The monoisotopic (exact) mass is 246 g/mol. The highest BCUT2D eigenvalue weighted by molar-refractivity contribution is 4.55. The molecule has 0 aromatic carbocycles. The highest BCUT2D eigenvalue weighted by Gasteiger charge is 2.07. The largest absolute Gasteiger partial charge is 0.381 e. The van der Waals surface area contributed by atoms with Crippen LogP contribution >= 0.6 is 0 Å². The van der Waals surface area contributed by atoms with Gasteiger partial charge in [-0.15, -0.1) is 0 Å². The van der Waals surface area contributed by atoms with Crippen molar-refractivity contribution in [2.75, 3.05) is 13.2 Å². The second-order valence-corrected chi connectivity index (χ2v) is 4.50. The van der Waals surface area contributed by atoms with Gasteiger partial charge in [-0.05, 0) is 18.3 Å². The molecule has 0 spiro atoms. The zero-order valence-corrected chi connectivity index (χ0v) is 13.8. The van der Waals surface area contributed by atoms with Gasteiger partial charge in [0.2, 0.25) is 0 Å². The SMILES string of the molecule is CC.CC.CC1CCOC1.CCCCC(C)C. The van der Waals surface area contributed by atoms with Gasteiger partial charge in [0.05, 0.1) is 0 Å². The molecule has 0 bridgehead atoms. The van der Waals surface area contributed by atoms with Gasteiger partial charge in [0.1, 0.15) is 0 Å². The van der Waals surface area contributed by atoms with Crippen LogP contribution in [0, 0.1) is 11.8 Å². The van der Waals surface area contributed by atoms with Crippen LogP contribution in [-0.2, 0) is 4.74 Å². The molecule has 1 aliphatic heterocycles. The molecule has 0 amide bonds. The summed E-state index contributed by atoms with van der Waals surface area (Å²) < 4.78 is 5.06. The average molecular weight is 246 g/mol. The van der Waals surface area contributed by atoms with E-state index in [2.05, 4.69) is 27.7 Å². The minimum atomic E-state index is 0.824. The van der Waals surface area contributed by atoms with Gasteiger partial charge in [0.25, 0.3) is 0 Å². The summed E-state index contributed by atoms with van der Waals surface area (Å²) in [4.78, 5) is 0. The van der Waals surface area contributed by atoms with Crippen LogP contribution in [0.2, 0.25) is 0 Å². The molecule has 1 fully saturated rings. The van der Waals surface area contributed by atoms with Crippen molar-refractivity contribution in [3.8, 4) is 0 Å². The summed E-state index contributed by atoms with van der Waals surface area (Å²) in [5.74, 6) is 1.73. The van der Waals surface area contributed by atoms with Crippen molar-refractivity contribution in [1.29, 1.82) is 0 Å². The van der Waals surface area contributed by atoms with E-state index < -0.39 is 0 Å². The highest BCUT2D eigenvalue weighted by Crippen LogP contribution is 2.09. The lowest BCUT2D eigenvalue weighted by Gasteiger charge is -1.98. The second kappa shape index (κ2) is 21.3. The molecule has 0 aromatic rings. The number of hydrogen-bond acceptors (Lipinski definition) is 1. The summed E-state index contributed by atoms with van der Waals surface area (Å²) in [6.45, 7) is 19.0. The van der Waals surface area contributed by atoms with E-state index in [0.717, 1.165) is 25.0 Å². The Morgan fingerprint density at radius 3 is 1.76 bits per heavy atom. The fourth-order valence-electron chi connectivity index (χ4n) is 1.26. The molecule has 1 saturated heterocycles. The summed E-state index contributed by atoms with van der Waals surface area (Å²) in [6, 6.07) is 0. The topological polar surface area (TPSA) is 9.23 Å². The second-order valence-electron chi connectivity index (χ2n) is 4.50. The quantitative estimate of drug-likeness (QED) is 0.600. The highest BCUT2D eigenvalue weighted by atomic mass is 16.5. The first-order valence-corrected chi connectivity index (χ1v) is 7.74. The van der Waals surface area contributed by atoms with Crippen molar-refractivity contribution in [1.82, 2.24) is 0 Å². The third-order valence-electron chi connectivity index (χ3n) is 2.29. The van der Waals surface area contributed by atoms with Crippen molar-refractivity contribution >= 4 is 0 Å². The van der Waals surface area contributed by atoms with Crippen molar-refractivity contribution in [2.24, 2.45) is 11.8 Å². The zero-order valence-electron chi connectivity index (χ0n) is 13.8. The smallest absolute Gasteiger partial charge is 0.0492 e. The predicted molar refractivity (Wildman–Crippen MR) is 81.7 cm³/mol. The maximum absolute atomic E-state index is 5.06. The molecule has 0 aromatic heterocycles. The van der Waals surface area contributed by atoms with Crippen LogP contribution in [0.5, 0.6) is 0 Å². The van der Waals surface area contributed by atoms with Crippen molar-refractivity contribution in [3.05, 3.63) is 0 Å². The minimum Gasteiger partial charge on any atom is -0.381 e. The van der Waals surface area contributed by atoms with Gasteiger partial charge in [-0.3, -0.25) is 0 Å².